The normalized spacial score (nSPS) is 27.7. The minimum Gasteiger partial charge on any atom is -0.385 e. The van der Waals surface area contributed by atoms with Crippen LogP contribution in [0.3, 0.4) is 0 Å². The Bertz CT molecular complexity index is 175. The van der Waals surface area contributed by atoms with Gasteiger partial charge in [0.1, 0.15) is 0 Å². The highest BCUT2D eigenvalue weighted by Gasteiger charge is 2.15. The maximum absolute atomic E-state index is 5.08. The van der Waals surface area contributed by atoms with Crippen molar-refractivity contribution in [3.8, 4) is 0 Å². The van der Waals surface area contributed by atoms with E-state index in [-0.39, 0.29) is 0 Å². The highest BCUT2D eigenvalue weighted by molar-refractivity contribution is 4.74. The third-order valence-corrected chi connectivity index (χ3v) is 3.65. The Hall–Kier alpha value is -0.120. The van der Waals surface area contributed by atoms with Crippen molar-refractivity contribution in [2.24, 2.45) is 0 Å². The van der Waals surface area contributed by atoms with Crippen molar-refractivity contribution < 1.29 is 4.74 Å². The molecule has 1 N–H and O–H groups in total. The molecule has 3 nitrogen and oxygen atoms in total. The van der Waals surface area contributed by atoms with E-state index >= 15 is 0 Å². The van der Waals surface area contributed by atoms with Crippen LogP contribution in [0.5, 0.6) is 0 Å². The molecule has 1 saturated heterocycles. The van der Waals surface area contributed by atoms with Gasteiger partial charge in [-0.05, 0) is 65.6 Å². The number of unbranched alkanes of at least 4 members (excludes halogenated alkanes) is 2. The van der Waals surface area contributed by atoms with E-state index in [0.29, 0.717) is 12.1 Å². The van der Waals surface area contributed by atoms with Gasteiger partial charge >= 0.3 is 0 Å². The molecule has 1 rings (SSSR count). The van der Waals surface area contributed by atoms with E-state index in [1.54, 1.807) is 7.11 Å². The van der Waals surface area contributed by atoms with Gasteiger partial charge in [0.2, 0.25) is 0 Å². The Morgan fingerprint density at radius 1 is 1.06 bits per heavy atom. The maximum atomic E-state index is 5.08. The summed E-state index contributed by atoms with van der Waals surface area (Å²) in [7, 11) is 1.79. The summed E-state index contributed by atoms with van der Waals surface area (Å²) >= 11 is 0. The first kappa shape index (κ1) is 14.9. The van der Waals surface area contributed by atoms with Gasteiger partial charge in [0.05, 0.1) is 0 Å². The highest BCUT2D eigenvalue weighted by Crippen LogP contribution is 2.08. The van der Waals surface area contributed by atoms with Crippen molar-refractivity contribution in [2.45, 2.75) is 58.0 Å². The van der Waals surface area contributed by atoms with Gasteiger partial charge in [-0.1, -0.05) is 0 Å². The second kappa shape index (κ2) is 8.90. The first-order valence-electron chi connectivity index (χ1n) is 7.19. The first-order valence-corrected chi connectivity index (χ1v) is 7.19. The van der Waals surface area contributed by atoms with Crippen LogP contribution < -0.4 is 5.32 Å². The minimum atomic E-state index is 0.668. The molecule has 0 aromatic rings. The lowest BCUT2D eigenvalue weighted by atomic mass is 10.1. The standard InChI is InChI=1S/C14H30N2O/c1-13-7-10-16(11-8-14(2)15-13)9-5-4-6-12-17-3/h13-15H,4-12H2,1-3H3. The molecular formula is C14H30N2O. The molecule has 102 valence electrons. The second-order valence-electron chi connectivity index (χ2n) is 5.44. The molecule has 1 aliphatic rings. The Morgan fingerprint density at radius 3 is 2.29 bits per heavy atom. The molecule has 0 saturated carbocycles. The molecule has 0 spiro atoms. The van der Waals surface area contributed by atoms with E-state index in [0.717, 1.165) is 6.61 Å². The van der Waals surface area contributed by atoms with E-state index in [9.17, 15) is 0 Å². The molecule has 2 unspecified atom stereocenters. The number of rotatable bonds is 6. The van der Waals surface area contributed by atoms with Gasteiger partial charge in [0, 0.05) is 25.8 Å². The lowest BCUT2D eigenvalue weighted by molar-refractivity contribution is 0.185. The molecule has 0 bridgehead atoms. The summed E-state index contributed by atoms with van der Waals surface area (Å²) in [4.78, 5) is 2.64. The van der Waals surface area contributed by atoms with Crippen LogP contribution in [-0.4, -0.2) is 50.3 Å². The summed E-state index contributed by atoms with van der Waals surface area (Å²) in [6.45, 7) is 9.30. The SMILES string of the molecule is COCCCCCN1CCC(C)NC(C)CC1. The van der Waals surface area contributed by atoms with Crippen LogP contribution in [0.4, 0.5) is 0 Å². The lowest BCUT2D eigenvalue weighted by Gasteiger charge is -2.30. The fourth-order valence-corrected chi connectivity index (χ4v) is 2.50. The predicted octanol–water partition coefficient (Wildman–Crippen LogP) is 2.27. The fraction of sp³-hybridized carbons (Fsp3) is 1.00. The van der Waals surface area contributed by atoms with Crippen LogP contribution in [0.1, 0.15) is 46.0 Å². The van der Waals surface area contributed by atoms with Crippen molar-refractivity contribution >= 4 is 0 Å². The Balaban J connectivity index is 2.13. The monoisotopic (exact) mass is 242 g/mol. The minimum absolute atomic E-state index is 0.668. The van der Waals surface area contributed by atoms with Gasteiger partial charge in [0.15, 0.2) is 0 Å². The molecule has 0 aromatic carbocycles. The van der Waals surface area contributed by atoms with Gasteiger partial charge in [-0.15, -0.1) is 0 Å². The Morgan fingerprint density at radius 2 is 1.71 bits per heavy atom. The summed E-state index contributed by atoms with van der Waals surface area (Å²) < 4.78 is 5.08. The Labute approximate surface area is 107 Å². The van der Waals surface area contributed by atoms with Gasteiger partial charge in [-0.2, -0.15) is 0 Å². The third kappa shape index (κ3) is 7.02. The molecule has 0 aliphatic carbocycles. The summed E-state index contributed by atoms with van der Waals surface area (Å²) in [5.74, 6) is 0. The number of hydrogen-bond donors (Lipinski definition) is 1. The summed E-state index contributed by atoms with van der Waals surface area (Å²) in [5, 5.41) is 3.64. The van der Waals surface area contributed by atoms with Crippen LogP contribution >= 0.6 is 0 Å². The van der Waals surface area contributed by atoms with E-state index < -0.39 is 0 Å². The lowest BCUT2D eigenvalue weighted by Crippen LogP contribution is -2.43. The van der Waals surface area contributed by atoms with Crippen molar-refractivity contribution in [3.63, 3.8) is 0 Å². The predicted molar refractivity (Wildman–Crippen MR) is 73.5 cm³/mol. The molecule has 2 atom stereocenters. The van der Waals surface area contributed by atoms with E-state index in [2.05, 4.69) is 24.1 Å². The molecule has 1 heterocycles. The summed E-state index contributed by atoms with van der Waals surface area (Å²) in [6.07, 6.45) is 6.39. The topological polar surface area (TPSA) is 24.5 Å². The third-order valence-electron chi connectivity index (χ3n) is 3.65. The number of nitrogens with one attached hydrogen (secondary N) is 1. The zero-order chi connectivity index (χ0) is 12.5. The first-order chi connectivity index (χ1) is 8.22. The van der Waals surface area contributed by atoms with Gasteiger partial charge in [-0.25, -0.2) is 0 Å². The molecule has 1 aliphatic heterocycles. The molecule has 0 amide bonds. The number of methoxy groups -OCH3 is 1. The molecule has 0 radical (unpaired) electrons. The van der Waals surface area contributed by atoms with Gasteiger partial charge in [-0.3, -0.25) is 0 Å². The van der Waals surface area contributed by atoms with Crippen LogP contribution in [0.2, 0.25) is 0 Å². The molecular weight excluding hydrogens is 212 g/mol. The summed E-state index contributed by atoms with van der Waals surface area (Å²) in [6, 6.07) is 1.34. The number of hydrogen-bond acceptors (Lipinski definition) is 3. The van der Waals surface area contributed by atoms with Gasteiger partial charge in [0.25, 0.3) is 0 Å². The Kier molecular flexibility index (Phi) is 7.82. The van der Waals surface area contributed by atoms with Crippen LogP contribution in [0, 0.1) is 0 Å². The number of nitrogens with zero attached hydrogens (tertiary/aromatic N) is 1. The number of ether oxygens (including phenoxy) is 1. The fourth-order valence-electron chi connectivity index (χ4n) is 2.50. The zero-order valence-electron chi connectivity index (χ0n) is 11.9. The van der Waals surface area contributed by atoms with E-state index in [1.165, 1.54) is 51.7 Å². The molecule has 3 heteroatoms. The van der Waals surface area contributed by atoms with Gasteiger partial charge < -0.3 is 15.0 Å². The smallest absolute Gasteiger partial charge is 0.0462 e. The van der Waals surface area contributed by atoms with Crippen LogP contribution in [0.25, 0.3) is 0 Å². The average molecular weight is 242 g/mol. The second-order valence-corrected chi connectivity index (χ2v) is 5.44. The van der Waals surface area contributed by atoms with E-state index in [1.807, 2.05) is 0 Å². The van der Waals surface area contributed by atoms with Crippen molar-refractivity contribution in [3.05, 3.63) is 0 Å². The van der Waals surface area contributed by atoms with E-state index in [4.69, 9.17) is 4.74 Å². The average Bonchev–Trinajstić information content (AvgIpc) is 2.29. The quantitative estimate of drug-likeness (QED) is 0.723. The zero-order valence-corrected chi connectivity index (χ0v) is 11.9. The molecule has 17 heavy (non-hydrogen) atoms. The largest absolute Gasteiger partial charge is 0.385 e. The van der Waals surface area contributed by atoms with Crippen molar-refractivity contribution in [2.75, 3.05) is 33.4 Å². The molecule has 1 fully saturated rings. The van der Waals surface area contributed by atoms with Crippen LogP contribution in [-0.2, 0) is 4.74 Å². The summed E-state index contributed by atoms with van der Waals surface area (Å²) in [5.41, 5.74) is 0. The maximum Gasteiger partial charge on any atom is 0.0462 e. The molecule has 0 aromatic heterocycles. The van der Waals surface area contributed by atoms with Crippen molar-refractivity contribution in [1.29, 1.82) is 0 Å². The van der Waals surface area contributed by atoms with Crippen LogP contribution in [0.15, 0.2) is 0 Å². The van der Waals surface area contributed by atoms with Crippen molar-refractivity contribution in [1.82, 2.24) is 10.2 Å². The highest BCUT2D eigenvalue weighted by atomic mass is 16.5.